The largest absolute Gasteiger partial charge is 0.481 e. The Morgan fingerprint density at radius 1 is 0.431 bits per heavy atom. The number of aliphatic carboxylic acids is 1. The summed E-state index contributed by atoms with van der Waals surface area (Å²) in [5.74, 6) is -2.02. The van der Waals surface area contributed by atoms with Crippen LogP contribution in [0.2, 0.25) is 0 Å². The lowest BCUT2D eigenvalue weighted by Gasteiger charge is -2.07. The van der Waals surface area contributed by atoms with E-state index in [1.54, 1.807) is 56.5 Å². The molecule has 1 unspecified atom stereocenters. The lowest BCUT2D eigenvalue weighted by Crippen LogP contribution is -2.26. The maximum absolute atomic E-state index is 13.2. The topological polar surface area (TPSA) is 302 Å². The second-order valence-electron chi connectivity index (χ2n) is 27.6. The number of rotatable bonds is 17. The third kappa shape index (κ3) is 20.2. The highest BCUT2D eigenvalue weighted by molar-refractivity contribution is 9.10. The molecule has 0 amide bonds. The van der Waals surface area contributed by atoms with Crippen LogP contribution in [0.1, 0.15) is 121 Å². The number of aliphatic hydroxyl groups is 1. The number of ketones is 1. The van der Waals surface area contributed by atoms with Crippen LogP contribution in [-0.2, 0) is 77.5 Å². The number of Topliss-reactive ketones (excluding diaryl/α,β-unsaturated/α-hetero) is 1. The first-order chi connectivity index (χ1) is 55.5. The number of aliphatic hydroxyl groups excluding tert-OH is 1. The normalized spacial score (nSPS) is 11.1. The van der Waals surface area contributed by atoms with E-state index in [4.69, 9.17) is 19.7 Å². The monoisotopic (exact) mass is 1640 g/mol. The van der Waals surface area contributed by atoms with Gasteiger partial charge in [0.1, 0.15) is 5.78 Å². The molecule has 12 heterocycles. The highest BCUT2D eigenvalue weighted by Gasteiger charge is 2.20. The Morgan fingerprint density at radius 3 is 1.19 bits per heavy atom. The summed E-state index contributed by atoms with van der Waals surface area (Å²) in [7, 11) is 5.44. The van der Waals surface area contributed by atoms with Gasteiger partial charge in [-0.15, -0.1) is 0 Å². The van der Waals surface area contributed by atoms with Crippen LogP contribution in [0, 0.1) is 62.3 Å². The van der Waals surface area contributed by atoms with Gasteiger partial charge in [0.05, 0.1) is 144 Å². The number of halogens is 1. The van der Waals surface area contributed by atoms with Crippen molar-refractivity contribution in [2.24, 2.45) is 0 Å². The second kappa shape index (κ2) is 39.7. The van der Waals surface area contributed by atoms with Crippen molar-refractivity contribution in [1.82, 2.24) is 50.4 Å². The number of methoxy groups -OCH3 is 4. The van der Waals surface area contributed by atoms with Crippen LogP contribution in [-0.4, -0.2) is 130 Å². The second-order valence-corrected chi connectivity index (χ2v) is 29.0. The Morgan fingerprint density at radius 2 is 0.784 bits per heavy atom. The van der Waals surface area contributed by atoms with Crippen molar-refractivity contribution in [2.75, 3.05) is 28.4 Å². The van der Waals surface area contributed by atoms with E-state index in [0.717, 1.165) is 77.6 Å². The van der Waals surface area contributed by atoms with Crippen LogP contribution >= 0.6 is 15.9 Å². The average Bonchev–Trinajstić information content (AvgIpc) is 1.62. The molecular formula is C89H98BrN11O15. The van der Waals surface area contributed by atoms with E-state index in [2.05, 4.69) is 114 Å². The molecule has 0 spiro atoms. The number of H-pyrrole nitrogens is 1. The molecule has 0 aliphatic carbocycles. The fourth-order valence-electron chi connectivity index (χ4n) is 13.3. The van der Waals surface area contributed by atoms with Crippen molar-refractivity contribution >= 4 is 107 Å². The number of alkyl halides is 1. The predicted octanol–water partition coefficient (Wildman–Crippen LogP) is 14.3. The van der Waals surface area contributed by atoms with Gasteiger partial charge in [-0.25, -0.2) is 24.0 Å². The van der Waals surface area contributed by atoms with E-state index < -0.39 is 5.97 Å². The number of esters is 4. The number of hydrogen-bond donors (Lipinski definition) is 3. The quantitative estimate of drug-likeness (QED) is 0.0433. The fourth-order valence-corrected chi connectivity index (χ4v) is 13.3. The van der Waals surface area contributed by atoms with Crippen molar-refractivity contribution in [1.29, 1.82) is 0 Å². The van der Waals surface area contributed by atoms with Gasteiger partial charge < -0.3 is 51.7 Å². The van der Waals surface area contributed by atoms with E-state index in [1.165, 1.54) is 72.3 Å². The molecule has 606 valence electrons. The number of carbonyl (C=O) groups is 6. The molecule has 116 heavy (non-hydrogen) atoms. The summed E-state index contributed by atoms with van der Waals surface area (Å²) in [6.07, 6.45) is 9.96. The number of aromatic nitrogens is 11. The van der Waals surface area contributed by atoms with Gasteiger partial charge in [0.2, 0.25) is 0 Å². The molecule has 0 bridgehead atoms. The van der Waals surface area contributed by atoms with Crippen LogP contribution in [0.25, 0.3) is 55.2 Å². The molecular weight excluding hydrogens is 1540 g/mol. The molecule has 3 aromatic carbocycles. The van der Waals surface area contributed by atoms with Gasteiger partial charge >= 0.3 is 46.9 Å². The van der Waals surface area contributed by atoms with E-state index in [-0.39, 0.29) is 84.0 Å². The number of para-hydroxylation sites is 6. The summed E-state index contributed by atoms with van der Waals surface area (Å²) in [5.41, 5.74) is 23.1. The van der Waals surface area contributed by atoms with Crippen LogP contribution in [0.5, 0.6) is 0 Å². The minimum atomic E-state index is -0.914. The van der Waals surface area contributed by atoms with Gasteiger partial charge in [-0.3, -0.25) is 47.0 Å². The molecule has 26 nitrogen and oxygen atoms in total. The number of aryl methyl sites for hydroxylation is 12. The minimum Gasteiger partial charge on any atom is -0.481 e. The highest BCUT2D eigenvalue weighted by atomic mass is 79.9. The summed E-state index contributed by atoms with van der Waals surface area (Å²) in [6, 6.07) is 50.0. The molecule has 0 radical (unpaired) electrons. The summed E-state index contributed by atoms with van der Waals surface area (Å²) >= 11 is 3.09. The Kier molecular flexibility index (Phi) is 29.8. The number of nitrogens with zero attached hydrogens (tertiary/aromatic N) is 10. The number of benzene rings is 3. The average molecular weight is 1640 g/mol. The zero-order chi connectivity index (χ0) is 84.4. The van der Waals surface area contributed by atoms with Crippen molar-refractivity contribution < 1.29 is 57.9 Å². The number of carboxylic acids is 1. The van der Waals surface area contributed by atoms with E-state index in [0.29, 0.717) is 43.0 Å². The first kappa shape index (κ1) is 87.1. The number of pyridine rings is 5. The molecule has 12 aromatic heterocycles. The molecule has 0 aliphatic heterocycles. The molecule has 0 saturated carbocycles. The fraction of sp³-hybridized carbons (Fsp3) is 0.281. The number of nitrogens with one attached hydrogen (secondary N) is 1. The lowest BCUT2D eigenvalue weighted by atomic mass is 10.2. The van der Waals surface area contributed by atoms with Crippen LogP contribution in [0.15, 0.2) is 203 Å². The Balaban J connectivity index is 0.000000162. The number of hydrogen-bond acceptors (Lipinski definition) is 15. The third-order valence-corrected chi connectivity index (χ3v) is 21.0. The maximum atomic E-state index is 13.2. The molecule has 0 fully saturated rings. The Labute approximate surface area is 678 Å². The van der Waals surface area contributed by atoms with Crippen LogP contribution < -0.4 is 17.1 Å². The smallest absolute Gasteiger partial charge is 0.339 e. The molecule has 0 aliphatic rings. The zero-order valence-corrected chi connectivity index (χ0v) is 69.5. The molecule has 1 atom stereocenters. The van der Waals surface area contributed by atoms with Gasteiger partial charge in [-0.2, -0.15) is 0 Å². The van der Waals surface area contributed by atoms with Crippen molar-refractivity contribution in [2.45, 2.75) is 140 Å². The first-order valence-corrected chi connectivity index (χ1v) is 38.4. The number of carbonyl (C=O) groups excluding carboxylic acids is 5. The van der Waals surface area contributed by atoms with Gasteiger partial charge in [0.25, 0.3) is 0 Å². The van der Waals surface area contributed by atoms with E-state index >= 15 is 0 Å². The minimum absolute atomic E-state index is 0.0255. The third-order valence-electron chi connectivity index (χ3n) is 20.4. The number of carboxylic acid groups (broad SMARTS) is 1. The lowest BCUT2D eigenvalue weighted by molar-refractivity contribution is -0.141. The highest BCUT2D eigenvalue weighted by Crippen LogP contribution is 2.26. The number of aromatic amines is 1. The van der Waals surface area contributed by atoms with Crippen molar-refractivity contribution in [3.63, 3.8) is 0 Å². The van der Waals surface area contributed by atoms with Gasteiger partial charge in [0.15, 0.2) is 0 Å². The van der Waals surface area contributed by atoms with Crippen molar-refractivity contribution in [3.8, 4) is 0 Å². The Bertz CT molecular complexity index is 6270. The first-order valence-electron chi connectivity index (χ1n) is 37.5. The van der Waals surface area contributed by atoms with Crippen LogP contribution in [0.3, 0.4) is 0 Å². The summed E-state index contributed by atoms with van der Waals surface area (Å²) in [5, 5.41) is 18.1. The van der Waals surface area contributed by atoms with Crippen LogP contribution in [0.4, 0.5) is 0 Å². The number of ether oxygens (including phenoxy) is 4. The molecule has 27 heteroatoms. The summed E-state index contributed by atoms with van der Waals surface area (Å²) in [6.45, 7) is 23.5. The van der Waals surface area contributed by atoms with Crippen molar-refractivity contribution in [3.05, 3.63) is 299 Å². The zero-order valence-electron chi connectivity index (χ0n) is 67.9. The molecule has 0 saturated heterocycles. The summed E-state index contributed by atoms with van der Waals surface area (Å²) in [4.78, 5) is 111. The summed E-state index contributed by atoms with van der Waals surface area (Å²) < 4.78 is 35.2. The Hall–Kier alpha value is -12.9. The van der Waals surface area contributed by atoms with Gasteiger partial charge in [0, 0.05) is 79.0 Å². The number of fused-ring (bicyclic) bond motifs is 7. The molecule has 15 rings (SSSR count). The van der Waals surface area contributed by atoms with E-state index in [9.17, 15) is 43.2 Å². The molecule has 3 N–H and O–H groups in total. The molecule has 15 aromatic rings. The van der Waals surface area contributed by atoms with E-state index in [1.807, 2.05) is 165 Å². The SMILES string of the molecule is CC(=O)C(C)Br.COC(=O)CCn1c(=O)[nH]c2ccccc21.COC(=O)CCn1c(=O)n(Cc2cccn3c(C)c(C)cc23)c2ccccc21.COC(=O)c1cccn2c(C)c(C)cc12.COC(=O)c1cccnc1C.Cc1cc2c(CO)cccn2c1C.Cc1cc2c(Cn3c(=O)n(CCC(=O)O)c4ccccc43)cccn2c1C. The van der Waals surface area contributed by atoms with Gasteiger partial charge in [-0.05, 0) is 213 Å². The maximum Gasteiger partial charge on any atom is 0.339 e. The standard InChI is InChI=1S/C22H23N3O3.C21H21N3O3.C12H13NO2.C11H12N2O3.C11H13NO.C8H9NO2.C4H7BrO/c1-15-13-20-17(7-6-11-23(20)16(15)2)14-25-19-9-5-4-8-18(19)24(22(25)27)12-10-21(26)28-3;1-14-12-19-16(6-5-10-22(19)15(14)2)13-24-18-8-4-3-7-17(18)23(21(24)27)11-9-20(25)26;1-8-7-11-10(12(14)15-3)5-4-6-13(11)9(8)2;1-16-10(14)6-7-13-9-5-3-2-4-8(9)12-11(13)15;1-8-6-11-10(7-13)4-3-5-12(11)9(8)2;1-6-7(8(10)11-2)4-3-5-9-6;1-3(5)4(2)6/h4-9,11,13H,10,12,14H2,1-3H3;3-8,10,12H,9,11,13H2,1-2H3,(H,25,26);4-7H,1-3H3;2-5H,6-7H2,1H3,(H,12,15);3-6,13H,7H2,1-2H3;3-5H,1-2H3;3H,1-2H3. The predicted molar refractivity (Wildman–Crippen MR) is 453 cm³/mol. The number of imidazole rings is 3. The van der Waals surface area contributed by atoms with Gasteiger partial charge in [-0.1, -0.05) is 70.5 Å².